The van der Waals surface area contributed by atoms with E-state index < -0.39 is 17.4 Å². The lowest BCUT2D eigenvalue weighted by Gasteiger charge is -2.35. The van der Waals surface area contributed by atoms with Gasteiger partial charge >= 0.3 is 0 Å². The Morgan fingerprint density at radius 2 is 1.88 bits per heavy atom. The van der Waals surface area contributed by atoms with Crippen LogP contribution in [0.25, 0.3) is 10.1 Å². The molecular formula is C30H29N7O4S. The summed E-state index contributed by atoms with van der Waals surface area (Å²) in [6.07, 6.45) is 6.56. The predicted molar refractivity (Wildman–Crippen MR) is 159 cm³/mol. The third kappa shape index (κ3) is 4.49. The Bertz CT molecular complexity index is 1720. The summed E-state index contributed by atoms with van der Waals surface area (Å²) in [5.74, 6) is -0.376. The molecule has 4 aromatic rings. The first-order valence-corrected chi connectivity index (χ1v) is 14.3. The lowest BCUT2D eigenvalue weighted by atomic mass is 9.72. The van der Waals surface area contributed by atoms with Gasteiger partial charge in [0, 0.05) is 41.0 Å². The van der Waals surface area contributed by atoms with Gasteiger partial charge in [-0.2, -0.15) is 0 Å². The van der Waals surface area contributed by atoms with Gasteiger partial charge in [-0.05, 0) is 55.2 Å². The molecule has 0 bridgehead atoms. The number of nitrogens with two attached hydrogens (primary N) is 3. The number of carbonyl (C=O) groups is 3. The molecule has 0 saturated heterocycles. The standard InChI is InChI=1S/C30H29N7O4S/c1-2-21(38)36-18-6-5-7-19(18)37-29(40)27-24-23-16(10-11-17(31)26(23)42-27)30(33,28(39)25(24)32)20-12-9-15(14-35-20)41-22-8-3-4-13-34-22/h2-4,8-14,18-19,25H,1,5-7,31-33H2,(H,36,38)(H,37,40)/t18-,19+,25?,30?/m0/s1. The molecule has 6 rings (SSSR count). The van der Waals surface area contributed by atoms with Crippen LogP contribution in [0.1, 0.15) is 51.8 Å². The van der Waals surface area contributed by atoms with Crippen LogP contribution in [0.3, 0.4) is 0 Å². The van der Waals surface area contributed by atoms with Gasteiger partial charge in [-0.15, -0.1) is 11.3 Å². The van der Waals surface area contributed by atoms with E-state index in [1.54, 1.807) is 48.7 Å². The molecule has 1 saturated carbocycles. The number of Topliss-reactive ketones (excluding diaryl/α,β-unsaturated/α-hetero) is 1. The third-order valence-electron chi connectivity index (χ3n) is 7.87. The summed E-state index contributed by atoms with van der Waals surface area (Å²) in [4.78, 5) is 48.5. The van der Waals surface area contributed by atoms with Crippen molar-refractivity contribution in [2.24, 2.45) is 11.5 Å². The highest BCUT2D eigenvalue weighted by Crippen LogP contribution is 2.49. The van der Waals surface area contributed by atoms with E-state index in [9.17, 15) is 14.4 Å². The zero-order valence-corrected chi connectivity index (χ0v) is 23.3. The second kappa shape index (κ2) is 10.6. The predicted octanol–water partition coefficient (Wildman–Crippen LogP) is 2.80. The molecular weight excluding hydrogens is 554 g/mol. The number of hydrogen-bond donors (Lipinski definition) is 5. The van der Waals surface area contributed by atoms with E-state index in [-0.39, 0.29) is 29.6 Å². The number of benzene rings is 1. The Kier molecular flexibility index (Phi) is 6.97. The largest absolute Gasteiger partial charge is 0.437 e. The number of carbonyl (C=O) groups excluding carboxylic acids is 3. The van der Waals surface area contributed by atoms with Crippen molar-refractivity contribution in [2.45, 2.75) is 42.9 Å². The van der Waals surface area contributed by atoms with Crippen LogP contribution in [0, 0.1) is 0 Å². The number of nitrogens with zero attached hydrogens (tertiary/aromatic N) is 2. The number of thiophene rings is 1. The summed E-state index contributed by atoms with van der Waals surface area (Å²) in [6.45, 7) is 3.50. The summed E-state index contributed by atoms with van der Waals surface area (Å²) in [6, 6.07) is 10.2. The molecule has 2 unspecified atom stereocenters. The fourth-order valence-electron chi connectivity index (χ4n) is 5.80. The fourth-order valence-corrected chi connectivity index (χ4v) is 7.00. The molecule has 1 fully saturated rings. The zero-order chi connectivity index (χ0) is 29.6. The van der Waals surface area contributed by atoms with Crippen molar-refractivity contribution >= 4 is 44.7 Å². The van der Waals surface area contributed by atoms with Gasteiger partial charge in [-0.1, -0.05) is 18.7 Å². The molecule has 8 N–H and O–H groups in total. The Morgan fingerprint density at radius 1 is 1.10 bits per heavy atom. The second-order valence-corrected chi connectivity index (χ2v) is 11.4. The molecule has 3 heterocycles. The van der Waals surface area contributed by atoms with Crippen LogP contribution in [0.5, 0.6) is 11.6 Å². The second-order valence-electron chi connectivity index (χ2n) is 10.4. The maximum atomic E-state index is 14.0. The molecule has 4 atom stereocenters. The van der Waals surface area contributed by atoms with Crippen LogP contribution in [-0.2, 0) is 15.1 Å². The fraction of sp³-hybridized carbons (Fsp3) is 0.233. The maximum absolute atomic E-state index is 14.0. The zero-order valence-electron chi connectivity index (χ0n) is 22.5. The summed E-state index contributed by atoms with van der Waals surface area (Å²) < 4.78 is 6.35. The molecule has 42 heavy (non-hydrogen) atoms. The Morgan fingerprint density at radius 3 is 2.57 bits per heavy atom. The van der Waals surface area contributed by atoms with Gasteiger partial charge in [0.05, 0.1) is 27.5 Å². The summed E-state index contributed by atoms with van der Waals surface area (Å²) in [5.41, 5.74) is 19.7. The first kappa shape index (κ1) is 27.5. The summed E-state index contributed by atoms with van der Waals surface area (Å²) in [5, 5.41) is 6.50. The number of amides is 2. The van der Waals surface area contributed by atoms with Crippen molar-refractivity contribution < 1.29 is 19.1 Å². The van der Waals surface area contributed by atoms with Crippen LogP contribution in [-0.4, -0.2) is 39.6 Å². The van der Waals surface area contributed by atoms with Crippen LogP contribution < -0.4 is 32.6 Å². The molecule has 0 radical (unpaired) electrons. The lowest BCUT2D eigenvalue weighted by molar-refractivity contribution is -0.124. The average Bonchev–Trinajstić information content (AvgIpc) is 3.61. The van der Waals surface area contributed by atoms with E-state index in [0.29, 0.717) is 49.8 Å². The SMILES string of the molecule is C=CC(=O)N[C@H]1CCC[C@H]1NC(=O)c1sc2c(N)ccc3c2c1C(N)C(=O)C3(N)c1ccc(Oc2ccccn2)cn1. The van der Waals surface area contributed by atoms with E-state index in [0.717, 1.165) is 12.8 Å². The molecule has 1 aromatic carbocycles. The van der Waals surface area contributed by atoms with E-state index in [1.807, 2.05) is 0 Å². The number of nitrogen functional groups attached to an aromatic ring is 1. The van der Waals surface area contributed by atoms with Crippen molar-refractivity contribution in [1.82, 2.24) is 20.6 Å². The van der Waals surface area contributed by atoms with Crippen molar-refractivity contribution in [3.63, 3.8) is 0 Å². The highest BCUT2D eigenvalue weighted by atomic mass is 32.1. The van der Waals surface area contributed by atoms with Crippen molar-refractivity contribution in [1.29, 1.82) is 0 Å². The molecule has 2 amide bonds. The number of aromatic nitrogens is 2. The Hall–Kier alpha value is -4.65. The minimum absolute atomic E-state index is 0.228. The highest BCUT2D eigenvalue weighted by molar-refractivity contribution is 7.21. The van der Waals surface area contributed by atoms with Gasteiger partial charge in [-0.25, -0.2) is 4.98 Å². The van der Waals surface area contributed by atoms with Gasteiger partial charge < -0.3 is 32.6 Å². The van der Waals surface area contributed by atoms with Gasteiger partial charge in [-0.3, -0.25) is 19.4 Å². The van der Waals surface area contributed by atoms with Gasteiger partial charge in [0.25, 0.3) is 5.91 Å². The number of anilines is 1. The van der Waals surface area contributed by atoms with Gasteiger partial charge in [0.1, 0.15) is 11.3 Å². The lowest BCUT2D eigenvalue weighted by Crippen LogP contribution is -2.53. The van der Waals surface area contributed by atoms with E-state index in [2.05, 4.69) is 27.2 Å². The minimum Gasteiger partial charge on any atom is -0.437 e. The van der Waals surface area contributed by atoms with Crippen molar-refractivity contribution in [3.05, 3.63) is 89.2 Å². The third-order valence-corrected chi connectivity index (χ3v) is 9.12. The molecule has 0 spiro atoms. The van der Waals surface area contributed by atoms with Crippen LogP contribution in [0.15, 0.2) is 67.5 Å². The number of ether oxygens (including phenoxy) is 1. The quantitative estimate of drug-likeness (QED) is 0.161. The van der Waals surface area contributed by atoms with E-state index >= 15 is 0 Å². The summed E-state index contributed by atoms with van der Waals surface area (Å²) >= 11 is 1.17. The average molecular weight is 584 g/mol. The smallest absolute Gasteiger partial charge is 0.262 e. The van der Waals surface area contributed by atoms with Crippen LogP contribution in [0.2, 0.25) is 0 Å². The minimum atomic E-state index is -1.69. The number of nitrogens with one attached hydrogen (secondary N) is 2. The van der Waals surface area contributed by atoms with Gasteiger partial charge in [0.15, 0.2) is 5.78 Å². The first-order chi connectivity index (χ1) is 20.2. The normalized spacial score (nSPS) is 23.0. The topological polar surface area (TPSA) is 188 Å². The van der Waals surface area contributed by atoms with Crippen LogP contribution >= 0.6 is 11.3 Å². The first-order valence-electron chi connectivity index (χ1n) is 13.5. The maximum Gasteiger partial charge on any atom is 0.262 e. The van der Waals surface area contributed by atoms with E-state index in [4.69, 9.17) is 21.9 Å². The monoisotopic (exact) mass is 583 g/mol. The molecule has 3 aromatic heterocycles. The van der Waals surface area contributed by atoms with Crippen molar-refractivity contribution in [2.75, 3.05) is 5.73 Å². The van der Waals surface area contributed by atoms with Gasteiger partial charge in [0.2, 0.25) is 11.8 Å². The van der Waals surface area contributed by atoms with E-state index in [1.165, 1.54) is 23.6 Å². The number of rotatable bonds is 7. The number of hydrogen-bond acceptors (Lipinski definition) is 10. The van der Waals surface area contributed by atoms with Crippen molar-refractivity contribution in [3.8, 4) is 11.6 Å². The molecule has 214 valence electrons. The molecule has 2 aliphatic carbocycles. The molecule has 12 heteroatoms. The summed E-state index contributed by atoms with van der Waals surface area (Å²) in [7, 11) is 0. The van der Waals surface area contributed by atoms with Crippen LogP contribution in [0.4, 0.5) is 5.69 Å². The molecule has 2 aliphatic rings. The Balaban J connectivity index is 1.37. The Labute approximate surface area is 245 Å². The number of ketones is 1. The molecule has 0 aliphatic heterocycles. The highest BCUT2D eigenvalue weighted by Gasteiger charge is 2.49. The molecule has 11 nitrogen and oxygen atoms in total. The number of pyridine rings is 2.